The molecule has 26 heavy (non-hydrogen) atoms. The van der Waals surface area contributed by atoms with Crippen LogP contribution < -0.4 is 4.74 Å². The SMILES string of the molecule is CC(C)(C)OC(=O)N1CCC(COc2cc(I)c(Cl)cc2C(=O)O)CC1. The summed E-state index contributed by atoms with van der Waals surface area (Å²) in [7, 11) is 0. The van der Waals surface area contributed by atoms with E-state index in [0.29, 0.717) is 30.5 Å². The smallest absolute Gasteiger partial charge is 0.410 e. The molecule has 0 saturated carbocycles. The molecule has 0 unspecified atom stereocenters. The van der Waals surface area contributed by atoms with Crippen LogP contribution in [0, 0.1) is 9.49 Å². The molecule has 8 heteroatoms. The fourth-order valence-corrected chi connectivity index (χ4v) is 3.23. The van der Waals surface area contributed by atoms with E-state index in [1.54, 1.807) is 11.0 Å². The molecule has 0 bridgehead atoms. The molecule has 1 aromatic carbocycles. The molecule has 6 nitrogen and oxygen atoms in total. The quantitative estimate of drug-likeness (QED) is 0.615. The van der Waals surface area contributed by atoms with Crippen molar-refractivity contribution >= 4 is 46.3 Å². The van der Waals surface area contributed by atoms with E-state index >= 15 is 0 Å². The Morgan fingerprint density at radius 2 is 1.92 bits per heavy atom. The highest BCUT2D eigenvalue weighted by Gasteiger charge is 2.27. The van der Waals surface area contributed by atoms with Gasteiger partial charge in [0.25, 0.3) is 0 Å². The first kappa shape index (κ1) is 21.1. The second-order valence-electron chi connectivity index (χ2n) is 7.29. The van der Waals surface area contributed by atoms with Crippen molar-refractivity contribution in [3.05, 3.63) is 26.3 Å². The van der Waals surface area contributed by atoms with Gasteiger partial charge in [0.15, 0.2) is 0 Å². The number of aromatic carboxylic acids is 1. The zero-order valence-electron chi connectivity index (χ0n) is 15.1. The average Bonchev–Trinajstić information content (AvgIpc) is 2.54. The van der Waals surface area contributed by atoms with Crippen LogP contribution in [0.1, 0.15) is 44.0 Å². The number of amides is 1. The summed E-state index contributed by atoms with van der Waals surface area (Å²) >= 11 is 8.04. The third-order valence-corrected chi connectivity index (χ3v) is 5.52. The summed E-state index contributed by atoms with van der Waals surface area (Å²) in [4.78, 5) is 25.2. The van der Waals surface area contributed by atoms with Crippen LogP contribution in [-0.2, 0) is 4.74 Å². The molecule has 0 atom stereocenters. The molecule has 1 N–H and O–H groups in total. The van der Waals surface area contributed by atoms with Crippen molar-refractivity contribution in [3.63, 3.8) is 0 Å². The molecule has 1 saturated heterocycles. The van der Waals surface area contributed by atoms with Crippen LogP contribution in [0.2, 0.25) is 5.02 Å². The van der Waals surface area contributed by atoms with Crippen molar-refractivity contribution in [2.45, 2.75) is 39.2 Å². The van der Waals surface area contributed by atoms with Crippen molar-refractivity contribution in [2.24, 2.45) is 5.92 Å². The highest BCUT2D eigenvalue weighted by molar-refractivity contribution is 14.1. The number of halogens is 2. The van der Waals surface area contributed by atoms with Crippen molar-refractivity contribution in [3.8, 4) is 5.75 Å². The molecular weight excluding hydrogens is 473 g/mol. The van der Waals surface area contributed by atoms with Gasteiger partial charge < -0.3 is 19.5 Å². The van der Waals surface area contributed by atoms with Gasteiger partial charge in [0.1, 0.15) is 16.9 Å². The molecule has 1 aromatic rings. The highest BCUT2D eigenvalue weighted by atomic mass is 127. The summed E-state index contributed by atoms with van der Waals surface area (Å²) < 4.78 is 11.9. The van der Waals surface area contributed by atoms with E-state index in [4.69, 9.17) is 21.1 Å². The Morgan fingerprint density at radius 1 is 1.31 bits per heavy atom. The van der Waals surface area contributed by atoms with Gasteiger partial charge in [-0.15, -0.1) is 0 Å². The maximum Gasteiger partial charge on any atom is 0.410 e. The van der Waals surface area contributed by atoms with E-state index in [0.717, 1.165) is 16.4 Å². The van der Waals surface area contributed by atoms with Crippen LogP contribution in [-0.4, -0.2) is 47.4 Å². The molecule has 0 spiro atoms. The summed E-state index contributed by atoms with van der Waals surface area (Å²) in [5.74, 6) is -0.498. The first-order valence-electron chi connectivity index (χ1n) is 8.40. The normalized spacial score (nSPS) is 15.7. The molecule has 1 heterocycles. The number of likely N-dealkylation sites (tertiary alicyclic amines) is 1. The van der Waals surface area contributed by atoms with Crippen molar-refractivity contribution in [2.75, 3.05) is 19.7 Å². The summed E-state index contributed by atoms with van der Waals surface area (Å²) in [5, 5.41) is 9.70. The minimum absolute atomic E-state index is 0.0570. The molecule has 1 amide bonds. The number of benzene rings is 1. The Labute approximate surface area is 171 Å². The number of hydrogen-bond acceptors (Lipinski definition) is 4. The predicted octanol–water partition coefficient (Wildman–Crippen LogP) is 4.67. The van der Waals surface area contributed by atoms with E-state index in [9.17, 15) is 14.7 Å². The number of nitrogens with zero attached hydrogens (tertiary/aromatic N) is 1. The average molecular weight is 496 g/mol. The lowest BCUT2D eigenvalue weighted by Crippen LogP contribution is -2.42. The first-order chi connectivity index (χ1) is 12.1. The molecule has 0 radical (unpaired) electrons. The Hall–Kier alpha value is -1.22. The number of ether oxygens (including phenoxy) is 2. The number of carbonyl (C=O) groups excluding carboxylic acids is 1. The summed E-state index contributed by atoms with van der Waals surface area (Å²) in [6, 6.07) is 3.05. The fourth-order valence-electron chi connectivity index (χ4n) is 2.63. The van der Waals surface area contributed by atoms with Crippen LogP contribution in [0.15, 0.2) is 12.1 Å². The third-order valence-electron chi connectivity index (χ3n) is 3.99. The summed E-state index contributed by atoms with van der Waals surface area (Å²) in [6.07, 6.45) is 1.27. The van der Waals surface area contributed by atoms with Gasteiger partial charge in [-0.3, -0.25) is 0 Å². The molecular formula is C18H23ClINO5. The highest BCUT2D eigenvalue weighted by Crippen LogP contribution is 2.29. The molecule has 1 fully saturated rings. The second kappa shape index (κ2) is 8.65. The van der Waals surface area contributed by atoms with Gasteiger partial charge in [-0.2, -0.15) is 0 Å². The Bertz CT molecular complexity index is 681. The number of carboxylic acids is 1. The van der Waals surface area contributed by atoms with E-state index in [1.807, 2.05) is 43.4 Å². The maximum atomic E-state index is 12.1. The zero-order valence-corrected chi connectivity index (χ0v) is 18.0. The minimum Gasteiger partial charge on any atom is -0.492 e. The van der Waals surface area contributed by atoms with Gasteiger partial charge in [0, 0.05) is 16.7 Å². The number of carbonyl (C=O) groups is 2. The van der Waals surface area contributed by atoms with Crippen LogP contribution >= 0.6 is 34.2 Å². The molecule has 1 aliphatic rings. The van der Waals surface area contributed by atoms with Gasteiger partial charge in [-0.1, -0.05) is 11.6 Å². The van der Waals surface area contributed by atoms with E-state index < -0.39 is 11.6 Å². The first-order valence-corrected chi connectivity index (χ1v) is 9.85. The van der Waals surface area contributed by atoms with Gasteiger partial charge in [-0.25, -0.2) is 9.59 Å². The van der Waals surface area contributed by atoms with Crippen molar-refractivity contribution < 1.29 is 24.2 Å². The molecule has 1 aliphatic heterocycles. The lowest BCUT2D eigenvalue weighted by atomic mass is 9.98. The van der Waals surface area contributed by atoms with E-state index in [1.165, 1.54) is 6.07 Å². The van der Waals surface area contributed by atoms with Gasteiger partial charge in [0.2, 0.25) is 0 Å². The van der Waals surface area contributed by atoms with E-state index in [-0.39, 0.29) is 17.6 Å². The Morgan fingerprint density at radius 3 is 2.46 bits per heavy atom. The number of piperidine rings is 1. The lowest BCUT2D eigenvalue weighted by molar-refractivity contribution is 0.0164. The Balaban J connectivity index is 1.90. The van der Waals surface area contributed by atoms with Crippen molar-refractivity contribution in [1.29, 1.82) is 0 Å². The van der Waals surface area contributed by atoms with Gasteiger partial charge in [-0.05, 0) is 74.3 Å². The van der Waals surface area contributed by atoms with Gasteiger partial charge >= 0.3 is 12.1 Å². The van der Waals surface area contributed by atoms with Crippen LogP contribution in [0.25, 0.3) is 0 Å². The largest absolute Gasteiger partial charge is 0.492 e. The molecule has 0 aromatic heterocycles. The molecule has 2 rings (SSSR count). The summed E-state index contributed by atoms with van der Waals surface area (Å²) in [5.41, 5.74) is -0.447. The number of hydrogen-bond donors (Lipinski definition) is 1. The number of carboxylic acid groups (broad SMARTS) is 1. The fraction of sp³-hybridized carbons (Fsp3) is 0.556. The lowest BCUT2D eigenvalue weighted by Gasteiger charge is -2.33. The van der Waals surface area contributed by atoms with Crippen LogP contribution in [0.3, 0.4) is 0 Å². The number of rotatable bonds is 4. The maximum absolute atomic E-state index is 12.1. The zero-order chi connectivity index (χ0) is 19.5. The summed E-state index contributed by atoms with van der Waals surface area (Å²) in [6.45, 7) is 7.15. The van der Waals surface area contributed by atoms with Crippen LogP contribution in [0.5, 0.6) is 5.75 Å². The second-order valence-corrected chi connectivity index (χ2v) is 8.86. The monoisotopic (exact) mass is 495 g/mol. The minimum atomic E-state index is -1.07. The molecule has 0 aliphatic carbocycles. The third kappa shape index (κ3) is 5.90. The van der Waals surface area contributed by atoms with E-state index in [2.05, 4.69) is 0 Å². The van der Waals surface area contributed by atoms with Crippen LogP contribution in [0.4, 0.5) is 4.79 Å². The van der Waals surface area contributed by atoms with Gasteiger partial charge in [0.05, 0.1) is 11.6 Å². The topological polar surface area (TPSA) is 76.1 Å². The Kier molecular flexibility index (Phi) is 7.01. The standard InChI is InChI=1S/C18H23ClINO5/c1-18(2,3)26-17(24)21-6-4-11(5-7-21)10-25-15-9-14(20)13(19)8-12(15)16(22)23/h8-9,11H,4-7,10H2,1-3H3,(H,22,23). The van der Waals surface area contributed by atoms with Crippen molar-refractivity contribution in [1.82, 2.24) is 4.90 Å². The predicted molar refractivity (Wildman–Crippen MR) is 107 cm³/mol. The molecule has 144 valence electrons.